The lowest BCUT2D eigenvalue weighted by Crippen LogP contribution is -2.44. The van der Waals surface area contributed by atoms with Crippen LogP contribution in [0.15, 0.2) is 0 Å². The van der Waals surface area contributed by atoms with Crippen LogP contribution in [-0.2, 0) is 4.79 Å². The first-order valence-electron chi connectivity index (χ1n) is 6.55. The minimum atomic E-state index is -0.298. The van der Waals surface area contributed by atoms with E-state index in [0.29, 0.717) is 5.92 Å². The first-order valence-corrected chi connectivity index (χ1v) is 6.55. The Morgan fingerprint density at radius 1 is 1.38 bits per heavy atom. The van der Waals surface area contributed by atoms with E-state index in [4.69, 9.17) is 5.73 Å². The van der Waals surface area contributed by atoms with Crippen LogP contribution in [0.5, 0.6) is 0 Å². The van der Waals surface area contributed by atoms with Gasteiger partial charge in [-0.1, -0.05) is 20.8 Å². The van der Waals surface area contributed by atoms with E-state index in [1.54, 1.807) is 0 Å². The molecule has 2 N–H and O–H groups in total. The second kappa shape index (κ2) is 6.24. The molecular formula is C13H26N2O. The Hall–Kier alpha value is -0.570. The van der Waals surface area contributed by atoms with Crippen LogP contribution in [0.3, 0.4) is 0 Å². The molecule has 0 aromatic heterocycles. The summed E-state index contributed by atoms with van der Waals surface area (Å²) in [6.07, 6.45) is 4.29. The standard InChI is InChI=1S/C13H26N2O/c1-10(2)9-12(14)13(16)15-7-4-5-11(3)6-8-15/h10-12H,4-9,14H2,1-3H3. The van der Waals surface area contributed by atoms with Gasteiger partial charge in [-0.25, -0.2) is 0 Å². The fourth-order valence-electron chi connectivity index (χ4n) is 2.33. The van der Waals surface area contributed by atoms with Gasteiger partial charge < -0.3 is 10.6 Å². The Labute approximate surface area is 99.4 Å². The van der Waals surface area contributed by atoms with Gasteiger partial charge in [0.05, 0.1) is 6.04 Å². The molecule has 0 spiro atoms. The third-order valence-corrected chi connectivity index (χ3v) is 3.37. The van der Waals surface area contributed by atoms with E-state index in [0.717, 1.165) is 38.3 Å². The first-order chi connectivity index (χ1) is 7.50. The number of carbonyl (C=O) groups is 1. The van der Waals surface area contributed by atoms with Crippen molar-refractivity contribution in [3.05, 3.63) is 0 Å². The van der Waals surface area contributed by atoms with E-state index in [1.165, 1.54) is 6.42 Å². The third kappa shape index (κ3) is 4.12. The SMILES string of the molecule is CC(C)CC(N)C(=O)N1CCCC(C)CC1. The quantitative estimate of drug-likeness (QED) is 0.800. The highest BCUT2D eigenvalue weighted by atomic mass is 16.2. The van der Waals surface area contributed by atoms with Gasteiger partial charge in [0, 0.05) is 13.1 Å². The van der Waals surface area contributed by atoms with E-state index in [2.05, 4.69) is 20.8 Å². The minimum absolute atomic E-state index is 0.155. The van der Waals surface area contributed by atoms with Gasteiger partial charge in [0.1, 0.15) is 0 Å². The molecule has 16 heavy (non-hydrogen) atoms. The maximum atomic E-state index is 12.1. The Morgan fingerprint density at radius 2 is 2.06 bits per heavy atom. The number of hydrogen-bond donors (Lipinski definition) is 1. The zero-order valence-electron chi connectivity index (χ0n) is 10.9. The average molecular weight is 226 g/mol. The molecule has 0 aliphatic carbocycles. The summed E-state index contributed by atoms with van der Waals surface area (Å²) < 4.78 is 0. The molecule has 1 heterocycles. The largest absolute Gasteiger partial charge is 0.341 e. The minimum Gasteiger partial charge on any atom is -0.341 e. The van der Waals surface area contributed by atoms with Gasteiger partial charge in [0.25, 0.3) is 0 Å². The maximum absolute atomic E-state index is 12.1. The van der Waals surface area contributed by atoms with Crippen LogP contribution in [0.2, 0.25) is 0 Å². The summed E-state index contributed by atoms with van der Waals surface area (Å²) in [5.41, 5.74) is 5.94. The molecule has 0 bridgehead atoms. The van der Waals surface area contributed by atoms with Gasteiger partial charge in [-0.2, -0.15) is 0 Å². The predicted octanol–water partition coefficient (Wildman–Crippen LogP) is 2.01. The summed E-state index contributed by atoms with van der Waals surface area (Å²) in [6.45, 7) is 8.28. The van der Waals surface area contributed by atoms with Crippen LogP contribution in [-0.4, -0.2) is 29.9 Å². The molecule has 3 heteroatoms. The molecule has 2 atom stereocenters. The van der Waals surface area contributed by atoms with Crippen molar-refractivity contribution in [2.75, 3.05) is 13.1 Å². The van der Waals surface area contributed by atoms with Crippen LogP contribution >= 0.6 is 0 Å². The topological polar surface area (TPSA) is 46.3 Å². The highest BCUT2D eigenvalue weighted by Crippen LogP contribution is 2.17. The summed E-state index contributed by atoms with van der Waals surface area (Å²) in [5.74, 6) is 1.40. The molecule has 94 valence electrons. The van der Waals surface area contributed by atoms with Crippen LogP contribution in [0.25, 0.3) is 0 Å². The van der Waals surface area contributed by atoms with Gasteiger partial charge in [-0.05, 0) is 37.5 Å². The molecule has 0 aromatic carbocycles. The number of nitrogens with zero attached hydrogens (tertiary/aromatic N) is 1. The zero-order chi connectivity index (χ0) is 12.1. The van der Waals surface area contributed by atoms with Crippen LogP contribution in [0.4, 0.5) is 0 Å². The highest BCUT2D eigenvalue weighted by molar-refractivity contribution is 5.81. The maximum Gasteiger partial charge on any atom is 0.239 e. The van der Waals surface area contributed by atoms with E-state index in [1.807, 2.05) is 4.90 Å². The van der Waals surface area contributed by atoms with Crippen LogP contribution in [0, 0.1) is 11.8 Å². The highest BCUT2D eigenvalue weighted by Gasteiger charge is 2.23. The summed E-state index contributed by atoms with van der Waals surface area (Å²) in [4.78, 5) is 14.1. The van der Waals surface area contributed by atoms with Crippen molar-refractivity contribution in [2.24, 2.45) is 17.6 Å². The molecule has 0 saturated carbocycles. The van der Waals surface area contributed by atoms with Crippen molar-refractivity contribution in [1.29, 1.82) is 0 Å². The lowest BCUT2D eigenvalue weighted by molar-refractivity contribution is -0.132. The van der Waals surface area contributed by atoms with Gasteiger partial charge in [0.15, 0.2) is 0 Å². The Bertz CT molecular complexity index is 228. The number of likely N-dealkylation sites (tertiary alicyclic amines) is 1. The van der Waals surface area contributed by atoms with Crippen molar-refractivity contribution in [2.45, 2.75) is 52.5 Å². The molecule has 1 amide bonds. The molecule has 3 nitrogen and oxygen atoms in total. The van der Waals surface area contributed by atoms with E-state index < -0.39 is 0 Å². The predicted molar refractivity (Wildman–Crippen MR) is 67.0 cm³/mol. The number of rotatable bonds is 3. The zero-order valence-corrected chi connectivity index (χ0v) is 10.9. The van der Waals surface area contributed by atoms with Gasteiger partial charge in [-0.3, -0.25) is 4.79 Å². The second-order valence-corrected chi connectivity index (χ2v) is 5.60. The molecule has 0 radical (unpaired) electrons. The average Bonchev–Trinajstić information content (AvgIpc) is 2.41. The molecule has 1 aliphatic heterocycles. The number of amides is 1. The summed E-state index contributed by atoms with van der Waals surface area (Å²) >= 11 is 0. The molecule has 1 saturated heterocycles. The first kappa shape index (κ1) is 13.5. The number of hydrogen-bond acceptors (Lipinski definition) is 2. The fourth-order valence-corrected chi connectivity index (χ4v) is 2.33. The fraction of sp³-hybridized carbons (Fsp3) is 0.923. The molecule has 0 aromatic rings. The van der Waals surface area contributed by atoms with Crippen LogP contribution < -0.4 is 5.73 Å². The Morgan fingerprint density at radius 3 is 2.69 bits per heavy atom. The van der Waals surface area contributed by atoms with E-state index in [9.17, 15) is 4.79 Å². The third-order valence-electron chi connectivity index (χ3n) is 3.37. The number of carbonyl (C=O) groups excluding carboxylic acids is 1. The Kier molecular flexibility index (Phi) is 5.26. The smallest absolute Gasteiger partial charge is 0.239 e. The van der Waals surface area contributed by atoms with Gasteiger partial charge >= 0.3 is 0 Å². The van der Waals surface area contributed by atoms with Crippen molar-refractivity contribution >= 4 is 5.91 Å². The second-order valence-electron chi connectivity index (χ2n) is 5.60. The lowest BCUT2D eigenvalue weighted by atomic mass is 10.0. The molecule has 1 rings (SSSR count). The van der Waals surface area contributed by atoms with Crippen molar-refractivity contribution in [3.63, 3.8) is 0 Å². The van der Waals surface area contributed by atoms with Crippen molar-refractivity contribution in [1.82, 2.24) is 4.90 Å². The molecule has 1 fully saturated rings. The van der Waals surface area contributed by atoms with Crippen LogP contribution in [0.1, 0.15) is 46.5 Å². The number of nitrogens with two attached hydrogens (primary N) is 1. The summed E-state index contributed by atoms with van der Waals surface area (Å²) in [7, 11) is 0. The molecular weight excluding hydrogens is 200 g/mol. The Balaban J connectivity index is 2.46. The van der Waals surface area contributed by atoms with Gasteiger partial charge in [0.2, 0.25) is 5.91 Å². The van der Waals surface area contributed by atoms with Gasteiger partial charge in [-0.15, -0.1) is 0 Å². The molecule has 2 unspecified atom stereocenters. The molecule has 1 aliphatic rings. The summed E-state index contributed by atoms with van der Waals surface area (Å²) in [6, 6.07) is -0.298. The van der Waals surface area contributed by atoms with E-state index >= 15 is 0 Å². The van der Waals surface area contributed by atoms with Crippen molar-refractivity contribution < 1.29 is 4.79 Å². The summed E-state index contributed by atoms with van der Waals surface area (Å²) in [5, 5.41) is 0. The van der Waals surface area contributed by atoms with Crippen molar-refractivity contribution in [3.8, 4) is 0 Å². The lowest BCUT2D eigenvalue weighted by Gasteiger charge is -2.24. The normalized spacial score (nSPS) is 24.3. The monoisotopic (exact) mass is 226 g/mol. The van der Waals surface area contributed by atoms with E-state index in [-0.39, 0.29) is 11.9 Å².